The van der Waals surface area contributed by atoms with E-state index >= 15 is 0 Å². The van der Waals surface area contributed by atoms with E-state index in [1.54, 1.807) is 0 Å². The minimum Gasteiger partial charge on any atom is -0.373 e. The summed E-state index contributed by atoms with van der Waals surface area (Å²) in [6.07, 6.45) is 9.98. The van der Waals surface area contributed by atoms with Gasteiger partial charge in [0.05, 0.1) is 18.2 Å². The molecule has 3 atom stereocenters. The van der Waals surface area contributed by atoms with Crippen LogP contribution in [0.1, 0.15) is 44.9 Å². The normalized spacial score (nSPS) is 33.1. The lowest BCUT2D eigenvalue weighted by Gasteiger charge is -2.26. The molecule has 3 rings (SSSR count). The fraction of sp³-hybridized carbons (Fsp3) is 0.938. The maximum absolute atomic E-state index is 5.89. The number of likely N-dealkylation sites (N-methyl/N-ethyl adjacent to an activating group) is 1. The number of rotatable bonds is 5. The molecule has 0 aromatic rings. The SMILES string of the molecule is CN=C(NCCN(C)C1CCCC1)NC1CC2CCC1O2. The van der Waals surface area contributed by atoms with Gasteiger partial charge in [-0.2, -0.15) is 0 Å². The summed E-state index contributed by atoms with van der Waals surface area (Å²) in [7, 11) is 4.10. The van der Waals surface area contributed by atoms with Gasteiger partial charge in [-0.15, -0.1) is 0 Å². The van der Waals surface area contributed by atoms with Gasteiger partial charge >= 0.3 is 0 Å². The number of aliphatic imine (C=N–C) groups is 1. The average Bonchev–Trinajstić information content (AvgIpc) is 3.22. The van der Waals surface area contributed by atoms with Crippen molar-refractivity contribution in [2.45, 2.75) is 69.2 Å². The van der Waals surface area contributed by atoms with Crippen LogP contribution in [-0.2, 0) is 4.74 Å². The number of ether oxygens (including phenoxy) is 1. The standard InChI is InChI=1S/C16H30N4O/c1-17-16(19-14-11-13-7-8-15(14)21-13)18-9-10-20(2)12-5-3-4-6-12/h12-15H,3-11H2,1-2H3,(H2,17,18,19). The van der Waals surface area contributed by atoms with E-state index < -0.39 is 0 Å². The summed E-state index contributed by atoms with van der Waals surface area (Å²) in [6, 6.07) is 1.24. The molecule has 2 N–H and O–H groups in total. The third kappa shape index (κ3) is 3.69. The number of fused-ring (bicyclic) bond motifs is 2. The Hall–Kier alpha value is -0.810. The highest BCUT2D eigenvalue weighted by Gasteiger charge is 2.41. The van der Waals surface area contributed by atoms with E-state index in [4.69, 9.17) is 4.74 Å². The van der Waals surface area contributed by atoms with E-state index in [1.165, 1.54) is 38.5 Å². The van der Waals surface area contributed by atoms with Gasteiger partial charge in [-0.25, -0.2) is 0 Å². The second-order valence-electron chi connectivity index (χ2n) is 6.78. The first-order valence-corrected chi connectivity index (χ1v) is 8.59. The minimum absolute atomic E-state index is 0.398. The van der Waals surface area contributed by atoms with E-state index in [2.05, 4.69) is 27.6 Å². The van der Waals surface area contributed by atoms with Crippen LogP contribution in [0.5, 0.6) is 0 Å². The van der Waals surface area contributed by atoms with Gasteiger partial charge in [0.1, 0.15) is 0 Å². The van der Waals surface area contributed by atoms with Gasteiger partial charge in [-0.3, -0.25) is 4.99 Å². The molecule has 5 nitrogen and oxygen atoms in total. The van der Waals surface area contributed by atoms with Crippen molar-refractivity contribution in [3.05, 3.63) is 0 Å². The van der Waals surface area contributed by atoms with Crippen LogP contribution in [0, 0.1) is 0 Å². The quantitative estimate of drug-likeness (QED) is 0.593. The van der Waals surface area contributed by atoms with Crippen LogP contribution in [0.4, 0.5) is 0 Å². The fourth-order valence-electron chi connectivity index (χ4n) is 4.04. The molecule has 0 aromatic carbocycles. The van der Waals surface area contributed by atoms with E-state index in [0.29, 0.717) is 18.2 Å². The molecule has 120 valence electrons. The topological polar surface area (TPSA) is 48.9 Å². The number of guanidine groups is 1. The molecule has 0 spiro atoms. The Morgan fingerprint density at radius 3 is 2.67 bits per heavy atom. The average molecular weight is 294 g/mol. The predicted octanol–water partition coefficient (Wildman–Crippen LogP) is 1.35. The van der Waals surface area contributed by atoms with Gasteiger partial charge in [0.25, 0.3) is 0 Å². The van der Waals surface area contributed by atoms with Gasteiger partial charge in [0.15, 0.2) is 5.96 Å². The van der Waals surface area contributed by atoms with Crippen molar-refractivity contribution in [1.82, 2.24) is 15.5 Å². The zero-order chi connectivity index (χ0) is 14.7. The molecule has 2 bridgehead atoms. The second-order valence-corrected chi connectivity index (χ2v) is 6.78. The van der Waals surface area contributed by atoms with Crippen LogP contribution in [0.2, 0.25) is 0 Å². The van der Waals surface area contributed by atoms with Gasteiger partial charge in [-0.1, -0.05) is 12.8 Å². The summed E-state index contributed by atoms with van der Waals surface area (Å²) in [4.78, 5) is 6.84. The van der Waals surface area contributed by atoms with Crippen LogP contribution in [0.15, 0.2) is 4.99 Å². The maximum Gasteiger partial charge on any atom is 0.191 e. The van der Waals surface area contributed by atoms with Crippen molar-refractivity contribution in [3.63, 3.8) is 0 Å². The lowest BCUT2D eigenvalue weighted by molar-refractivity contribution is 0.0992. The van der Waals surface area contributed by atoms with Crippen molar-refractivity contribution in [3.8, 4) is 0 Å². The Bertz CT molecular complexity index is 367. The smallest absolute Gasteiger partial charge is 0.191 e. The largest absolute Gasteiger partial charge is 0.373 e. The van der Waals surface area contributed by atoms with Crippen molar-refractivity contribution in [2.75, 3.05) is 27.2 Å². The number of nitrogens with one attached hydrogen (secondary N) is 2. The molecule has 1 aliphatic carbocycles. The Kier molecular flexibility index (Phi) is 5.01. The molecule has 3 unspecified atom stereocenters. The highest BCUT2D eigenvalue weighted by Crippen LogP contribution is 2.34. The van der Waals surface area contributed by atoms with Crippen LogP contribution in [0.3, 0.4) is 0 Å². The number of nitrogens with zero attached hydrogens (tertiary/aromatic N) is 2. The van der Waals surface area contributed by atoms with E-state index in [0.717, 1.165) is 31.5 Å². The highest BCUT2D eigenvalue weighted by atomic mass is 16.5. The highest BCUT2D eigenvalue weighted by molar-refractivity contribution is 5.80. The molecule has 2 heterocycles. The van der Waals surface area contributed by atoms with Gasteiger partial charge in [-0.05, 0) is 39.2 Å². The first-order valence-electron chi connectivity index (χ1n) is 8.59. The summed E-state index contributed by atoms with van der Waals surface area (Å²) in [5, 5.41) is 6.99. The molecule has 21 heavy (non-hydrogen) atoms. The molecule has 2 saturated heterocycles. The molecule has 5 heteroatoms. The summed E-state index contributed by atoms with van der Waals surface area (Å²) in [5.41, 5.74) is 0. The first kappa shape index (κ1) is 15.1. The van der Waals surface area contributed by atoms with Crippen molar-refractivity contribution in [1.29, 1.82) is 0 Å². The van der Waals surface area contributed by atoms with Crippen LogP contribution < -0.4 is 10.6 Å². The molecule has 3 fully saturated rings. The molecule has 1 saturated carbocycles. The molecular formula is C16H30N4O. The van der Waals surface area contributed by atoms with Gasteiger partial charge < -0.3 is 20.3 Å². The van der Waals surface area contributed by atoms with E-state index in [-0.39, 0.29) is 0 Å². The summed E-state index contributed by atoms with van der Waals surface area (Å²) in [5.74, 6) is 0.927. The summed E-state index contributed by atoms with van der Waals surface area (Å²) < 4.78 is 5.89. The predicted molar refractivity (Wildman–Crippen MR) is 85.7 cm³/mol. The van der Waals surface area contributed by atoms with E-state index in [9.17, 15) is 0 Å². The minimum atomic E-state index is 0.398. The molecular weight excluding hydrogens is 264 g/mol. The Balaban J connectivity index is 1.37. The van der Waals surface area contributed by atoms with Crippen molar-refractivity contribution in [2.24, 2.45) is 4.99 Å². The molecule has 3 aliphatic rings. The Morgan fingerprint density at radius 1 is 1.24 bits per heavy atom. The van der Waals surface area contributed by atoms with E-state index in [1.807, 2.05) is 7.05 Å². The first-order chi connectivity index (χ1) is 10.3. The fourth-order valence-corrected chi connectivity index (χ4v) is 4.04. The maximum atomic E-state index is 5.89. The third-order valence-electron chi connectivity index (χ3n) is 5.36. The van der Waals surface area contributed by atoms with Gasteiger partial charge in [0, 0.05) is 26.2 Å². The monoisotopic (exact) mass is 294 g/mol. The Labute approximate surface area is 128 Å². The van der Waals surface area contributed by atoms with Crippen LogP contribution >= 0.6 is 0 Å². The zero-order valence-corrected chi connectivity index (χ0v) is 13.5. The third-order valence-corrected chi connectivity index (χ3v) is 5.36. The lowest BCUT2D eigenvalue weighted by atomic mass is 9.96. The van der Waals surface area contributed by atoms with Crippen LogP contribution in [0.25, 0.3) is 0 Å². The molecule has 0 aromatic heterocycles. The Morgan fingerprint density at radius 2 is 2.05 bits per heavy atom. The van der Waals surface area contributed by atoms with Crippen molar-refractivity contribution >= 4 is 5.96 Å². The van der Waals surface area contributed by atoms with Gasteiger partial charge in [0.2, 0.25) is 0 Å². The molecule has 0 amide bonds. The number of hydrogen-bond donors (Lipinski definition) is 2. The second kappa shape index (κ2) is 6.97. The molecule has 2 aliphatic heterocycles. The van der Waals surface area contributed by atoms with Crippen LogP contribution in [-0.4, -0.2) is 62.3 Å². The van der Waals surface area contributed by atoms with Crippen molar-refractivity contribution < 1.29 is 4.74 Å². The lowest BCUT2D eigenvalue weighted by Crippen LogP contribution is -2.49. The summed E-state index contributed by atoms with van der Waals surface area (Å²) >= 11 is 0. The summed E-state index contributed by atoms with van der Waals surface area (Å²) in [6.45, 7) is 2.03. The molecule has 0 radical (unpaired) electrons. The number of hydrogen-bond acceptors (Lipinski definition) is 3. The zero-order valence-electron chi connectivity index (χ0n) is 13.5.